The van der Waals surface area contributed by atoms with Crippen LogP contribution in [0.25, 0.3) is 5.69 Å². The van der Waals surface area contributed by atoms with Crippen molar-refractivity contribution in [3.8, 4) is 5.69 Å². The molecule has 1 aliphatic heterocycles. The molecule has 2 fully saturated rings. The van der Waals surface area contributed by atoms with Crippen LogP contribution in [-0.2, 0) is 4.74 Å². The molecule has 0 unspecified atom stereocenters. The third kappa shape index (κ3) is 3.99. The van der Waals surface area contributed by atoms with Crippen molar-refractivity contribution in [2.45, 2.75) is 38.2 Å². The molecule has 1 saturated heterocycles. The second-order valence-electron chi connectivity index (χ2n) is 8.16. The van der Waals surface area contributed by atoms with E-state index >= 15 is 0 Å². The predicted octanol–water partition coefficient (Wildman–Crippen LogP) is 4.17. The van der Waals surface area contributed by atoms with E-state index in [4.69, 9.17) is 4.74 Å². The number of nitrogens with zero attached hydrogens (tertiary/aromatic N) is 5. The number of nitrogens with one attached hydrogen (secondary N) is 1. The largest absolute Gasteiger partial charge is 0.441 e. The number of rotatable bonds is 5. The lowest BCUT2D eigenvalue weighted by Crippen LogP contribution is -2.39. The van der Waals surface area contributed by atoms with E-state index in [2.05, 4.69) is 20.6 Å². The van der Waals surface area contributed by atoms with Gasteiger partial charge in [-0.25, -0.2) is 18.8 Å². The second kappa shape index (κ2) is 7.92. The third-order valence-corrected chi connectivity index (χ3v) is 6.86. The minimum absolute atomic E-state index is 0.307. The minimum Gasteiger partial charge on any atom is -0.441 e. The summed E-state index contributed by atoms with van der Waals surface area (Å²) < 4.78 is 21.3. The normalized spacial score (nSPS) is 23.4. The van der Waals surface area contributed by atoms with E-state index in [1.165, 1.54) is 22.1 Å². The Bertz CT molecular complexity index is 1090. The van der Waals surface area contributed by atoms with Crippen LogP contribution in [0, 0.1) is 18.7 Å². The Morgan fingerprint density at radius 1 is 1.26 bits per heavy atom. The molecule has 0 atom stereocenters. The van der Waals surface area contributed by atoms with Crippen molar-refractivity contribution < 1.29 is 13.9 Å². The van der Waals surface area contributed by atoms with Gasteiger partial charge in [0.25, 0.3) is 0 Å². The maximum absolute atomic E-state index is 13.9. The van der Waals surface area contributed by atoms with Gasteiger partial charge < -0.3 is 10.1 Å². The first-order chi connectivity index (χ1) is 15.0. The molecule has 3 aromatic rings. The van der Waals surface area contributed by atoms with Crippen molar-refractivity contribution in [1.82, 2.24) is 20.0 Å². The quantitative estimate of drug-likeness (QED) is 0.638. The third-order valence-electron chi connectivity index (χ3n) is 5.99. The molecule has 1 aliphatic carbocycles. The van der Waals surface area contributed by atoms with Crippen LogP contribution < -0.4 is 10.2 Å². The first-order valence-electron chi connectivity index (χ1n) is 10.4. The fraction of sp³-hybridized carbons (Fsp3) is 0.429. The topological polar surface area (TPSA) is 85.2 Å². The van der Waals surface area contributed by atoms with Crippen LogP contribution in [0.2, 0.25) is 0 Å². The van der Waals surface area contributed by atoms with E-state index in [0.717, 1.165) is 37.2 Å². The van der Waals surface area contributed by atoms with E-state index in [-0.39, 0.29) is 11.9 Å². The summed E-state index contributed by atoms with van der Waals surface area (Å²) in [7, 11) is 0. The summed E-state index contributed by atoms with van der Waals surface area (Å²) in [5, 5.41) is 17.3. The van der Waals surface area contributed by atoms with Gasteiger partial charge in [-0.2, -0.15) is 5.10 Å². The summed E-state index contributed by atoms with van der Waals surface area (Å²) >= 11 is 1.40. The van der Waals surface area contributed by atoms with Crippen LogP contribution in [0.3, 0.4) is 0 Å². The second-order valence-corrected chi connectivity index (χ2v) is 9.32. The molecule has 1 aromatic carbocycles. The number of hydrogen-bond donors (Lipinski definition) is 1. The zero-order valence-corrected chi connectivity index (χ0v) is 17.9. The van der Waals surface area contributed by atoms with Crippen molar-refractivity contribution >= 4 is 28.4 Å². The van der Waals surface area contributed by atoms with Gasteiger partial charge in [-0.15, -0.1) is 10.2 Å². The summed E-state index contributed by atoms with van der Waals surface area (Å²) in [5.74, 6) is 0.869. The van der Waals surface area contributed by atoms with Crippen LogP contribution in [0.5, 0.6) is 0 Å². The van der Waals surface area contributed by atoms with Gasteiger partial charge in [0.1, 0.15) is 27.9 Å². The van der Waals surface area contributed by atoms with Gasteiger partial charge in [0.05, 0.1) is 6.54 Å². The number of aromatic nitrogens is 4. The van der Waals surface area contributed by atoms with Crippen molar-refractivity contribution in [2.75, 3.05) is 23.3 Å². The fourth-order valence-electron chi connectivity index (χ4n) is 4.27. The van der Waals surface area contributed by atoms with E-state index in [0.29, 0.717) is 29.1 Å². The standard InChI is InChI=1S/C21H23FN6O2S/c1-14-24-25-19(31-14)27-13-21(30-20(27)29)9-6-15(7-10-21)12-23-18-8-11-28(26-18)17-5-3-2-4-16(17)22/h2-5,8,11,15H,6-7,9-10,12-13H2,1H3,(H,23,26)/t15-,21-. The zero-order chi connectivity index (χ0) is 21.4. The Hall–Kier alpha value is -3.01. The lowest BCUT2D eigenvalue weighted by Gasteiger charge is -2.35. The van der Waals surface area contributed by atoms with Gasteiger partial charge in [0.2, 0.25) is 5.13 Å². The first-order valence-corrected chi connectivity index (χ1v) is 11.2. The number of aryl methyl sites for hydroxylation is 1. The van der Waals surface area contributed by atoms with Crippen LogP contribution in [0.4, 0.5) is 20.1 Å². The van der Waals surface area contributed by atoms with Crippen LogP contribution >= 0.6 is 11.3 Å². The highest BCUT2D eigenvalue weighted by Gasteiger charge is 2.48. The number of carbonyl (C=O) groups is 1. The minimum atomic E-state index is -0.431. The van der Waals surface area contributed by atoms with Crippen molar-refractivity contribution in [1.29, 1.82) is 0 Å². The van der Waals surface area contributed by atoms with Gasteiger partial charge in [-0.3, -0.25) is 0 Å². The number of amides is 1. The number of anilines is 2. The molecule has 2 aliphatic rings. The SMILES string of the molecule is Cc1nnc(N2C[C@]3(CC[C@@H](CNc4ccn(-c5ccccc5F)n4)CC3)OC2=O)s1. The number of ether oxygens (including phenoxy) is 1. The van der Waals surface area contributed by atoms with E-state index < -0.39 is 5.60 Å². The van der Waals surface area contributed by atoms with Gasteiger partial charge in [-0.05, 0) is 50.7 Å². The number of benzene rings is 1. The Morgan fingerprint density at radius 3 is 2.81 bits per heavy atom. The Kier molecular flexibility index (Phi) is 5.09. The van der Waals surface area contributed by atoms with Crippen molar-refractivity contribution in [2.24, 2.45) is 5.92 Å². The summed E-state index contributed by atoms with van der Waals surface area (Å²) in [6, 6.07) is 8.41. The van der Waals surface area contributed by atoms with Gasteiger partial charge in [-0.1, -0.05) is 23.5 Å². The van der Waals surface area contributed by atoms with Crippen LogP contribution in [0.15, 0.2) is 36.5 Å². The smallest absolute Gasteiger partial charge is 0.416 e. The monoisotopic (exact) mass is 442 g/mol. The summed E-state index contributed by atoms with van der Waals surface area (Å²) in [5.41, 5.74) is -0.00655. The molecule has 0 radical (unpaired) electrons. The molecule has 31 heavy (non-hydrogen) atoms. The predicted molar refractivity (Wildman–Crippen MR) is 115 cm³/mol. The lowest BCUT2D eigenvalue weighted by molar-refractivity contribution is 0.0148. The molecule has 10 heteroatoms. The first kappa shape index (κ1) is 19.9. The highest BCUT2D eigenvalue weighted by atomic mass is 32.1. The Morgan fingerprint density at radius 2 is 2.06 bits per heavy atom. The molecule has 2 aromatic heterocycles. The number of hydrogen-bond acceptors (Lipinski definition) is 7. The van der Waals surface area contributed by atoms with E-state index in [9.17, 15) is 9.18 Å². The Balaban J connectivity index is 1.15. The lowest BCUT2D eigenvalue weighted by atomic mass is 9.78. The fourth-order valence-corrected chi connectivity index (χ4v) is 4.95. The number of para-hydroxylation sites is 1. The molecule has 1 saturated carbocycles. The summed E-state index contributed by atoms with van der Waals surface area (Å²) in [4.78, 5) is 14.0. The highest BCUT2D eigenvalue weighted by molar-refractivity contribution is 7.15. The zero-order valence-electron chi connectivity index (χ0n) is 17.1. The molecule has 3 heterocycles. The van der Waals surface area contributed by atoms with Gasteiger partial charge >= 0.3 is 6.09 Å². The molecular weight excluding hydrogens is 419 g/mol. The average molecular weight is 443 g/mol. The molecule has 0 bridgehead atoms. The highest BCUT2D eigenvalue weighted by Crippen LogP contribution is 2.41. The number of carbonyl (C=O) groups excluding carboxylic acids is 1. The van der Waals surface area contributed by atoms with E-state index in [1.807, 2.05) is 13.0 Å². The maximum atomic E-state index is 13.9. The van der Waals surface area contributed by atoms with Crippen LogP contribution in [0.1, 0.15) is 30.7 Å². The van der Waals surface area contributed by atoms with Crippen molar-refractivity contribution in [3.63, 3.8) is 0 Å². The Labute approximate surface area is 183 Å². The molecule has 1 N–H and O–H groups in total. The van der Waals surface area contributed by atoms with Gasteiger partial charge in [0, 0.05) is 18.8 Å². The molecule has 1 spiro atoms. The maximum Gasteiger partial charge on any atom is 0.416 e. The van der Waals surface area contributed by atoms with Gasteiger partial charge in [0.15, 0.2) is 0 Å². The molecular formula is C21H23FN6O2S. The molecule has 162 valence electrons. The summed E-state index contributed by atoms with van der Waals surface area (Å²) in [6.07, 6.45) is 4.98. The average Bonchev–Trinajstić information content (AvgIpc) is 3.48. The summed E-state index contributed by atoms with van der Waals surface area (Å²) in [6.45, 7) is 3.18. The molecule has 8 nitrogen and oxygen atoms in total. The van der Waals surface area contributed by atoms with E-state index in [1.54, 1.807) is 29.3 Å². The van der Waals surface area contributed by atoms with Crippen molar-refractivity contribution in [3.05, 3.63) is 47.4 Å². The number of halogens is 1. The molecule has 5 rings (SSSR count). The molecule has 1 amide bonds. The van der Waals surface area contributed by atoms with Crippen LogP contribution in [-0.4, -0.2) is 44.8 Å².